The summed E-state index contributed by atoms with van der Waals surface area (Å²) in [6.07, 6.45) is 9.32. The molecule has 2 aromatic carbocycles. The number of hydrogen-bond donors (Lipinski definition) is 0. The molecule has 35 heavy (non-hydrogen) atoms. The fraction of sp³-hybridized carbons (Fsp3) is 0.321. The maximum absolute atomic E-state index is 13.9. The van der Waals surface area contributed by atoms with Crippen LogP contribution in [0.1, 0.15) is 47.3 Å². The molecular formula is C28H29ClN4OS. The van der Waals surface area contributed by atoms with Gasteiger partial charge in [0, 0.05) is 54.7 Å². The van der Waals surface area contributed by atoms with Crippen molar-refractivity contribution in [1.29, 1.82) is 0 Å². The summed E-state index contributed by atoms with van der Waals surface area (Å²) in [6.45, 7) is 0.554. The fourth-order valence-corrected chi connectivity index (χ4v) is 6.26. The minimum Gasteiger partial charge on any atom is -0.347 e. The molecule has 1 saturated carbocycles. The Morgan fingerprint density at radius 1 is 1.00 bits per heavy atom. The molecular weight excluding hydrogens is 476 g/mol. The lowest BCUT2D eigenvalue weighted by Crippen LogP contribution is -2.40. The molecule has 0 unspecified atom stereocenters. The van der Waals surface area contributed by atoms with Crippen LogP contribution in [0.2, 0.25) is 5.02 Å². The molecule has 0 aliphatic heterocycles. The first kappa shape index (κ1) is 23.8. The van der Waals surface area contributed by atoms with Crippen molar-refractivity contribution in [3.05, 3.63) is 76.4 Å². The van der Waals surface area contributed by atoms with E-state index in [9.17, 15) is 4.79 Å². The van der Waals surface area contributed by atoms with Crippen LogP contribution in [0.15, 0.2) is 60.9 Å². The van der Waals surface area contributed by atoms with E-state index in [1.54, 1.807) is 0 Å². The Balaban J connectivity index is 1.46. The van der Waals surface area contributed by atoms with E-state index in [1.165, 1.54) is 17.8 Å². The Hall–Kier alpha value is -2.96. The van der Waals surface area contributed by atoms with Gasteiger partial charge in [-0.2, -0.15) is 0 Å². The van der Waals surface area contributed by atoms with Gasteiger partial charge in [0.15, 0.2) is 0 Å². The third-order valence-corrected chi connectivity index (χ3v) is 8.32. The van der Waals surface area contributed by atoms with Gasteiger partial charge in [0.05, 0.1) is 5.02 Å². The first-order chi connectivity index (χ1) is 17.0. The molecule has 0 spiro atoms. The molecule has 5 rings (SSSR count). The van der Waals surface area contributed by atoms with E-state index in [2.05, 4.69) is 33.1 Å². The van der Waals surface area contributed by atoms with Crippen LogP contribution in [0.3, 0.4) is 0 Å². The lowest BCUT2D eigenvalue weighted by molar-refractivity contribution is 0.0619. The third kappa shape index (κ3) is 5.04. The van der Waals surface area contributed by atoms with E-state index in [4.69, 9.17) is 11.6 Å². The Labute approximate surface area is 215 Å². The molecule has 1 aliphatic carbocycles. The number of amides is 1. The maximum atomic E-state index is 13.9. The number of aromatic nitrogens is 2. The molecule has 5 nitrogen and oxygen atoms in total. The lowest BCUT2D eigenvalue weighted by atomic mass is 9.93. The van der Waals surface area contributed by atoms with Crippen molar-refractivity contribution in [2.45, 2.75) is 44.7 Å². The highest BCUT2D eigenvalue weighted by atomic mass is 35.5. The number of carbonyl (C=O) groups is 1. The van der Waals surface area contributed by atoms with Crippen LogP contribution in [0.5, 0.6) is 0 Å². The van der Waals surface area contributed by atoms with Gasteiger partial charge in [-0.25, -0.2) is 9.97 Å². The average molecular weight is 505 g/mol. The molecule has 0 atom stereocenters. The number of halogens is 1. The molecule has 180 valence electrons. The standard InChI is InChI=1S/C28H29ClN4OS/c1-32(2)28-30-16-21(17-31-28)20-10-8-9-19(15-20)18-33(22-11-4-3-5-12-22)27(34)26-25(29)23-13-6-7-14-24(23)35-26/h6-10,13-17,22H,3-5,11-12,18H2,1-2H3. The molecule has 1 fully saturated rings. The molecule has 0 N–H and O–H groups in total. The lowest BCUT2D eigenvalue weighted by Gasteiger charge is -2.34. The molecule has 2 aromatic heterocycles. The van der Waals surface area contributed by atoms with Crippen LogP contribution in [-0.2, 0) is 6.54 Å². The smallest absolute Gasteiger partial charge is 0.266 e. The second kappa shape index (κ2) is 10.3. The Morgan fingerprint density at radius 3 is 2.46 bits per heavy atom. The summed E-state index contributed by atoms with van der Waals surface area (Å²) in [5, 5.41) is 1.53. The van der Waals surface area contributed by atoms with E-state index < -0.39 is 0 Å². The van der Waals surface area contributed by atoms with Gasteiger partial charge in [0.25, 0.3) is 5.91 Å². The van der Waals surface area contributed by atoms with Gasteiger partial charge in [-0.3, -0.25) is 4.79 Å². The van der Waals surface area contributed by atoms with E-state index >= 15 is 0 Å². The Kier molecular flexibility index (Phi) is 7.02. The second-order valence-electron chi connectivity index (χ2n) is 9.33. The highest BCUT2D eigenvalue weighted by Gasteiger charge is 2.29. The Bertz CT molecular complexity index is 1330. The zero-order valence-corrected chi connectivity index (χ0v) is 21.6. The van der Waals surface area contributed by atoms with Gasteiger partial charge in [-0.15, -0.1) is 11.3 Å². The predicted molar refractivity (Wildman–Crippen MR) is 145 cm³/mol. The molecule has 1 amide bonds. The Morgan fingerprint density at radius 2 is 1.74 bits per heavy atom. The number of benzene rings is 2. The molecule has 0 bridgehead atoms. The van der Waals surface area contributed by atoms with Crippen LogP contribution >= 0.6 is 22.9 Å². The number of nitrogens with zero attached hydrogens (tertiary/aromatic N) is 4. The zero-order chi connectivity index (χ0) is 24.4. The van der Waals surface area contributed by atoms with Gasteiger partial charge in [0.1, 0.15) is 4.88 Å². The molecule has 2 heterocycles. The van der Waals surface area contributed by atoms with E-state index in [1.807, 2.05) is 61.7 Å². The average Bonchev–Trinajstić information content (AvgIpc) is 3.24. The number of carbonyl (C=O) groups excluding carboxylic acids is 1. The zero-order valence-electron chi connectivity index (χ0n) is 20.1. The fourth-order valence-electron chi connectivity index (χ4n) is 4.79. The van der Waals surface area contributed by atoms with E-state index in [-0.39, 0.29) is 11.9 Å². The first-order valence-corrected chi connectivity index (χ1v) is 13.3. The SMILES string of the molecule is CN(C)c1ncc(-c2cccc(CN(C(=O)c3sc4ccccc4c3Cl)C3CCCCC3)c2)cn1. The number of rotatable bonds is 6. The van der Waals surface area contributed by atoms with Crippen molar-refractivity contribution >= 4 is 44.9 Å². The van der Waals surface area contributed by atoms with Crippen LogP contribution in [0, 0.1) is 0 Å². The summed E-state index contributed by atoms with van der Waals surface area (Å²) >= 11 is 8.22. The van der Waals surface area contributed by atoms with Gasteiger partial charge in [-0.1, -0.05) is 67.3 Å². The number of thiophene rings is 1. The quantitative estimate of drug-likeness (QED) is 0.282. The van der Waals surface area contributed by atoms with Crippen LogP contribution in [0.25, 0.3) is 21.2 Å². The molecule has 1 aliphatic rings. The molecule has 0 saturated heterocycles. The maximum Gasteiger partial charge on any atom is 0.266 e. The number of hydrogen-bond acceptors (Lipinski definition) is 5. The second-order valence-corrected chi connectivity index (χ2v) is 10.8. The summed E-state index contributed by atoms with van der Waals surface area (Å²) in [4.78, 5) is 27.4. The van der Waals surface area contributed by atoms with Crippen molar-refractivity contribution in [2.24, 2.45) is 0 Å². The van der Waals surface area contributed by atoms with E-state index in [0.29, 0.717) is 22.4 Å². The molecule has 7 heteroatoms. The first-order valence-electron chi connectivity index (χ1n) is 12.1. The number of fused-ring (bicyclic) bond motifs is 1. The highest BCUT2D eigenvalue weighted by molar-refractivity contribution is 7.21. The van der Waals surface area contributed by atoms with Crippen molar-refractivity contribution < 1.29 is 4.79 Å². The summed E-state index contributed by atoms with van der Waals surface area (Å²) < 4.78 is 1.05. The normalized spacial score (nSPS) is 14.3. The van der Waals surface area contributed by atoms with Crippen LogP contribution in [0.4, 0.5) is 5.95 Å². The predicted octanol–water partition coefficient (Wildman–Crippen LogP) is 7.05. The van der Waals surface area contributed by atoms with Crippen LogP contribution < -0.4 is 4.90 Å². The van der Waals surface area contributed by atoms with Crippen LogP contribution in [-0.4, -0.2) is 40.9 Å². The van der Waals surface area contributed by atoms with E-state index in [0.717, 1.165) is 52.5 Å². The van der Waals surface area contributed by atoms with Crippen molar-refractivity contribution in [3.8, 4) is 11.1 Å². The molecule has 4 aromatic rings. The van der Waals surface area contributed by atoms with Gasteiger partial charge < -0.3 is 9.80 Å². The van der Waals surface area contributed by atoms with Crippen molar-refractivity contribution in [1.82, 2.24) is 14.9 Å². The monoisotopic (exact) mass is 504 g/mol. The minimum absolute atomic E-state index is 0.0344. The summed E-state index contributed by atoms with van der Waals surface area (Å²) in [5.74, 6) is 0.714. The van der Waals surface area contributed by atoms with Gasteiger partial charge in [0.2, 0.25) is 5.95 Å². The largest absolute Gasteiger partial charge is 0.347 e. The summed E-state index contributed by atoms with van der Waals surface area (Å²) in [6, 6.07) is 16.5. The number of anilines is 1. The van der Waals surface area contributed by atoms with Gasteiger partial charge >= 0.3 is 0 Å². The molecule has 0 radical (unpaired) electrons. The summed E-state index contributed by atoms with van der Waals surface area (Å²) in [5.41, 5.74) is 3.10. The highest BCUT2D eigenvalue weighted by Crippen LogP contribution is 2.37. The van der Waals surface area contributed by atoms with Gasteiger partial charge in [-0.05, 0) is 36.1 Å². The van der Waals surface area contributed by atoms with Crippen molar-refractivity contribution in [3.63, 3.8) is 0 Å². The summed E-state index contributed by atoms with van der Waals surface area (Å²) in [7, 11) is 3.85. The topological polar surface area (TPSA) is 49.3 Å². The van der Waals surface area contributed by atoms with Crippen molar-refractivity contribution in [2.75, 3.05) is 19.0 Å². The minimum atomic E-state index is 0.0344. The third-order valence-electron chi connectivity index (χ3n) is 6.66.